The van der Waals surface area contributed by atoms with Crippen molar-refractivity contribution < 1.29 is 9.53 Å². The summed E-state index contributed by atoms with van der Waals surface area (Å²) in [5.41, 5.74) is 0. The molecule has 1 rings (SSSR count). The molecule has 0 bridgehead atoms. The summed E-state index contributed by atoms with van der Waals surface area (Å²) in [7, 11) is 0. The number of carbonyl (C=O) groups excluding carboxylic acids is 1. The standard InChI is InChI=1S/C4H2N2O2S/c7-2-5-4(1-8-4)6-3-9/h1H2. The Morgan fingerprint density at radius 2 is 2.33 bits per heavy atom. The Kier molecular flexibility index (Phi) is 1.51. The van der Waals surface area contributed by atoms with Crippen LogP contribution in [-0.2, 0) is 9.53 Å². The number of hydrogen-bond donors (Lipinski definition) is 0. The van der Waals surface area contributed by atoms with Gasteiger partial charge < -0.3 is 4.74 Å². The highest BCUT2D eigenvalue weighted by atomic mass is 32.1. The molecule has 0 amide bonds. The molecule has 0 radical (unpaired) electrons. The first-order chi connectivity index (χ1) is 4.33. The van der Waals surface area contributed by atoms with Gasteiger partial charge in [-0.05, 0) is 12.2 Å². The molecule has 0 saturated carbocycles. The molecule has 5 heteroatoms. The summed E-state index contributed by atoms with van der Waals surface area (Å²) < 4.78 is 4.65. The van der Waals surface area contributed by atoms with Gasteiger partial charge in [0.25, 0.3) is 0 Å². The smallest absolute Gasteiger partial charge is 0.300 e. The van der Waals surface area contributed by atoms with Gasteiger partial charge in [0, 0.05) is 0 Å². The summed E-state index contributed by atoms with van der Waals surface area (Å²) in [6.45, 7) is 0.298. The van der Waals surface area contributed by atoms with Crippen molar-refractivity contribution in [2.24, 2.45) is 9.98 Å². The molecule has 1 heterocycles. The second kappa shape index (κ2) is 2.17. The van der Waals surface area contributed by atoms with Gasteiger partial charge >= 0.3 is 5.85 Å². The Morgan fingerprint density at radius 1 is 1.67 bits per heavy atom. The normalized spacial score (nSPS) is 29.8. The van der Waals surface area contributed by atoms with E-state index in [1.807, 2.05) is 0 Å². The van der Waals surface area contributed by atoms with Crippen molar-refractivity contribution in [2.75, 3.05) is 6.61 Å². The molecule has 0 aliphatic carbocycles. The number of ether oxygens (including phenoxy) is 1. The minimum atomic E-state index is -1.04. The Bertz CT molecular complexity index is 191. The Hall–Kier alpha value is -0.860. The summed E-state index contributed by atoms with van der Waals surface area (Å²) in [4.78, 5) is 16.3. The Labute approximate surface area is 56.3 Å². The van der Waals surface area contributed by atoms with Crippen LogP contribution in [0.1, 0.15) is 0 Å². The highest BCUT2D eigenvalue weighted by molar-refractivity contribution is 7.78. The zero-order valence-corrected chi connectivity index (χ0v) is 5.14. The number of thiocarbonyl (C=S) groups is 1. The maximum absolute atomic E-state index is 9.64. The van der Waals surface area contributed by atoms with E-state index in [2.05, 4.69) is 32.1 Å². The van der Waals surface area contributed by atoms with Gasteiger partial charge in [0.2, 0.25) is 6.08 Å². The molecule has 9 heavy (non-hydrogen) atoms. The molecule has 1 fully saturated rings. The first-order valence-corrected chi connectivity index (χ1v) is 2.56. The van der Waals surface area contributed by atoms with Crippen LogP contribution in [0.3, 0.4) is 0 Å². The number of epoxide rings is 1. The third-order valence-corrected chi connectivity index (χ3v) is 0.935. The van der Waals surface area contributed by atoms with Crippen molar-refractivity contribution in [3.63, 3.8) is 0 Å². The van der Waals surface area contributed by atoms with Crippen molar-refractivity contribution in [3.8, 4) is 0 Å². The average Bonchev–Trinajstić information content (AvgIpc) is 2.51. The van der Waals surface area contributed by atoms with E-state index in [1.165, 1.54) is 6.08 Å². The van der Waals surface area contributed by atoms with E-state index in [9.17, 15) is 4.79 Å². The zero-order valence-electron chi connectivity index (χ0n) is 4.33. The van der Waals surface area contributed by atoms with Crippen LogP contribution in [0.2, 0.25) is 0 Å². The van der Waals surface area contributed by atoms with Crippen molar-refractivity contribution in [3.05, 3.63) is 0 Å². The maximum atomic E-state index is 9.64. The van der Waals surface area contributed by atoms with Gasteiger partial charge in [0.15, 0.2) is 0 Å². The largest absolute Gasteiger partial charge is 0.325 e. The zero-order chi connectivity index (χ0) is 6.74. The summed E-state index contributed by atoms with van der Waals surface area (Å²) in [5, 5.41) is 2.07. The van der Waals surface area contributed by atoms with E-state index in [0.29, 0.717) is 6.61 Å². The van der Waals surface area contributed by atoms with Gasteiger partial charge in [-0.2, -0.15) is 4.99 Å². The van der Waals surface area contributed by atoms with Crippen LogP contribution in [0.15, 0.2) is 9.98 Å². The number of hydrogen-bond acceptors (Lipinski definition) is 5. The van der Waals surface area contributed by atoms with Gasteiger partial charge in [-0.25, -0.2) is 4.79 Å². The monoisotopic (exact) mass is 142 g/mol. The van der Waals surface area contributed by atoms with Crippen LogP contribution in [0.4, 0.5) is 0 Å². The molecule has 0 aromatic heterocycles. The molecule has 0 aromatic rings. The maximum Gasteiger partial charge on any atom is 0.300 e. The SMILES string of the molecule is O=C=NC1(N=C=S)CO1. The molecule has 1 unspecified atom stereocenters. The lowest BCUT2D eigenvalue weighted by Gasteiger charge is -1.86. The quantitative estimate of drug-likeness (QED) is 0.238. The van der Waals surface area contributed by atoms with E-state index in [0.717, 1.165) is 0 Å². The molecular formula is C4H2N2O2S. The second-order valence-electron chi connectivity index (χ2n) is 1.44. The number of aliphatic imine (C=N–C) groups is 2. The lowest BCUT2D eigenvalue weighted by molar-refractivity contribution is 0.323. The van der Waals surface area contributed by atoms with E-state index in [1.54, 1.807) is 0 Å². The highest BCUT2D eigenvalue weighted by Gasteiger charge is 2.45. The van der Waals surface area contributed by atoms with Crippen molar-refractivity contribution in [1.82, 2.24) is 0 Å². The van der Waals surface area contributed by atoms with Gasteiger partial charge in [0.05, 0.1) is 5.16 Å². The minimum absolute atomic E-state index is 0.298. The Balaban J connectivity index is 2.74. The molecular weight excluding hydrogens is 140 g/mol. The molecule has 4 nitrogen and oxygen atoms in total. The summed E-state index contributed by atoms with van der Waals surface area (Å²) in [6, 6.07) is 0. The predicted molar refractivity (Wildman–Crippen MR) is 31.8 cm³/mol. The molecule has 0 spiro atoms. The summed E-state index contributed by atoms with van der Waals surface area (Å²) in [6.07, 6.45) is 1.33. The van der Waals surface area contributed by atoms with Gasteiger partial charge in [-0.1, -0.05) is 0 Å². The van der Waals surface area contributed by atoms with Crippen molar-refractivity contribution >= 4 is 23.5 Å². The fraction of sp³-hybridized carbons (Fsp3) is 0.500. The van der Waals surface area contributed by atoms with Crippen LogP contribution in [0.25, 0.3) is 0 Å². The van der Waals surface area contributed by atoms with Gasteiger partial charge in [0.1, 0.15) is 6.61 Å². The first kappa shape index (κ1) is 6.26. The molecule has 1 aliphatic rings. The van der Waals surface area contributed by atoms with E-state index < -0.39 is 5.85 Å². The molecule has 1 saturated heterocycles. The third-order valence-electron chi connectivity index (χ3n) is 0.843. The van der Waals surface area contributed by atoms with E-state index in [-0.39, 0.29) is 0 Å². The summed E-state index contributed by atoms with van der Waals surface area (Å²) >= 11 is 4.27. The second-order valence-corrected chi connectivity index (χ2v) is 1.62. The predicted octanol–water partition coefficient (Wildman–Crippen LogP) is 0.109. The molecule has 0 N–H and O–H groups in total. The highest BCUT2D eigenvalue weighted by Crippen LogP contribution is 2.28. The molecule has 46 valence electrons. The van der Waals surface area contributed by atoms with Gasteiger partial charge in [-0.3, -0.25) is 0 Å². The van der Waals surface area contributed by atoms with E-state index >= 15 is 0 Å². The van der Waals surface area contributed by atoms with Crippen LogP contribution in [0, 0.1) is 0 Å². The lowest BCUT2D eigenvalue weighted by atomic mass is 10.6. The fourth-order valence-electron chi connectivity index (χ4n) is 0.361. The lowest BCUT2D eigenvalue weighted by Crippen LogP contribution is -1.99. The van der Waals surface area contributed by atoms with Crippen LogP contribution in [0.5, 0.6) is 0 Å². The number of rotatable bonds is 2. The topological polar surface area (TPSA) is 54.3 Å². The number of isocyanates is 1. The molecule has 0 aromatic carbocycles. The number of isothiocyanates is 1. The van der Waals surface area contributed by atoms with Gasteiger partial charge in [-0.15, -0.1) is 4.99 Å². The van der Waals surface area contributed by atoms with Crippen LogP contribution >= 0.6 is 12.2 Å². The third kappa shape index (κ3) is 1.28. The molecule has 1 aliphatic heterocycles. The van der Waals surface area contributed by atoms with Crippen LogP contribution in [-0.4, -0.2) is 23.7 Å². The first-order valence-electron chi connectivity index (χ1n) is 2.15. The van der Waals surface area contributed by atoms with Crippen molar-refractivity contribution in [1.29, 1.82) is 0 Å². The van der Waals surface area contributed by atoms with Crippen molar-refractivity contribution in [2.45, 2.75) is 5.85 Å². The minimum Gasteiger partial charge on any atom is -0.325 e. The summed E-state index contributed by atoms with van der Waals surface area (Å²) in [5.74, 6) is -1.04. The Morgan fingerprint density at radius 3 is 2.67 bits per heavy atom. The fourth-order valence-corrected chi connectivity index (χ4v) is 0.504. The van der Waals surface area contributed by atoms with Crippen LogP contribution < -0.4 is 0 Å². The van der Waals surface area contributed by atoms with E-state index in [4.69, 9.17) is 0 Å². The molecule has 1 atom stereocenters. The average molecular weight is 142 g/mol. The number of nitrogens with zero attached hydrogens (tertiary/aromatic N) is 2.